The van der Waals surface area contributed by atoms with Gasteiger partial charge in [-0.3, -0.25) is 19.2 Å². The molecule has 0 unspecified atom stereocenters. The number of benzene rings is 9. The molecule has 0 aliphatic carbocycles. The molecule has 108 heavy (non-hydrogen) atoms. The van der Waals surface area contributed by atoms with Gasteiger partial charge in [-0.05, 0) is 275 Å². The SMILES string of the molecule is Brc1ccc(Br)s1.C.C#Cc1ccc(F)cc1.Fc1ccc(-c2nc3cc(F)ccc3nc2-c2ccc(-c3nc4cc(F)ccc4nc3-c3ccc(F)cc3)s2)cc1.Fc1ccc(C#Cc2ccc(C#Cc3ccc(F)cc3)s2)cc1.O=C(C(=O)c1ccc(C(=O)C(=O)c2ccc(F)cc2)s1)c1ccc(F)cc1. The monoisotopic (exact) mass is 1640 g/mol. The van der Waals surface area contributed by atoms with Gasteiger partial charge >= 0.3 is 0 Å². The summed E-state index contributed by atoms with van der Waals surface area (Å²) in [5.41, 5.74) is 7.25. The molecule has 0 radical (unpaired) electrons. The third kappa shape index (κ3) is 21.2. The third-order valence-corrected chi connectivity index (χ3v) is 20.0. The number of fused-ring (bicyclic) bond motifs is 2. The van der Waals surface area contributed by atoms with Crippen molar-refractivity contribution in [2.24, 2.45) is 0 Å². The number of nitrogens with zero attached hydrogens (tertiary/aromatic N) is 4. The molecule has 0 fully saturated rings. The summed E-state index contributed by atoms with van der Waals surface area (Å²) in [6, 6.07) is 61.1. The molecule has 0 N–H and O–H groups in total. The van der Waals surface area contributed by atoms with Crippen LogP contribution in [0, 0.1) is 88.4 Å². The molecule has 23 heteroatoms. The second kappa shape index (κ2) is 36.9. The van der Waals surface area contributed by atoms with Crippen LogP contribution < -0.4 is 0 Å². The minimum Gasteiger partial charge on any atom is -0.285 e. The normalized spacial score (nSPS) is 10.3. The summed E-state index contributed by atoms with van der Waals surface area (Å²) >= 11 is 11.9. The Hall–Kier alpha value is -11.9. The minimum absolute atomic E-state index is 0. The predicted octanol–water partition coefficient (Wildman–Crippen LogP) is 23.6. The average molecular weight is 1650 g/mol. The van der Waals surface area contributed by atoms with E-state index in [4.69, 9.17) is 26.4 Å². The number of rotatable bonds is 10. The number of halogens is 11. The third-order valence-electron chi connectivity index (χ3n) is 14.7. The highest BCUT2D eigenvalue weighted by Crippen LogP contribution is 2.41. The van der Waals surface area contributed by atoms with Crippen molar-refractivity contribution in [2.45, 2.75) is 7.43 Å². The molecule has 0 atom stereocenters. The summed E-state index contributed by atoms with van der Waals surface area (Å²) in [5.74, 6) is 7.47. The van der Waals surface area contributed by atoms with Crippen LogP contribution in [0.15, 0.2) is 262 Å². The Bertz CT molecular complexity index is 5770. The lowest BCUT2D eigenvalue weighted by Gasteiger charge is -2.10. The van der Waals surface area contributed by atoms with Gasteiger partial charge in [-0.1, -0.05) is 37.0 Å². The zero-order valence-corrected chi connectivity index (χ0v) is 61.0. The van der Waals surface area contributed by atoms with Gasteiger partial charge < -0.3 is 0 Å². The number of thiophene rings is 4. The quantitative estimate of drug-likeness (QED) is 0.0575. The van der Waals surface area contributed by atoms with Crippen LogP contribution in [0.5, 0.6) is 0 Å². The van der Waals surface area contributed by atoms with E-state index in [-0.39, 0.29) is 51.6 Å². The van der Waals surface area contributed by atoms with Crippen LogP contribution in [-0.2, 0) is 0 Å². The molecule has 0 spiro atoms. The van der Waals surface area contributed by atoms with Crippen LogP contribution in [0.2, 0.25) is 0 Å². The topological polar surface area (TPSA) is 120 Å². The van der Waals surface area contributed by atoms with Crippen LogP contribution in [-0.4, -0.2) is 43.1 Å². The van der Waals surface area contributed by atoms with Crippen LogP contribution in [0.3, 0.4) is 0 Å². The van der Waals surface area contributed by atoms with Crippen molar-refractivity contribution in [1.29, 1.82) is 0 Å². The van der Waals surface area contributed by atoms with Crippen LogP contribution in [0.25, 0.3) is 65.7 Å². The Morgan fingerprint density at radius 1 is 0.296 bits per heavy atom. The van der Waals surface area contributed by atoms with E-state index >= 15 is 0 Å². The summed E-state index contributed by atoms with van der Waals surface area (Å²) in [6.45, 7) is 0. The van der Waals surface area contributed by atoms with E-state index in [0.717, 1.165) is 50.0 Å². The van der Waals surface area contributed by atoms with E-state index in [1.54, 1.807) is 84.1 Å². The Kier molecular flexibility index (Phi) is 26.9. The number of hydrogen-bond donors (Lipinski definition) is 0. The first-order valence-electron chi connectivity index (χ1n) is 31.2. The van der Waals surface area contributed by atoms with E-state index in [0.29, 0.717) is 77.7 Å². The molecule has 9 aromatic carbocycles. The van der Waals surface area contributed by atoms with Crippen LogP contribution in [0.1, 0.15) is 73.9 Å². The van der Waals surface area contributed by atoms with Gasteiger partial charge in [-0.15, -0.1) is 51.8 Å². The summed E-state index contributed by atoms with van der Waals surface area (Å²) in [5, 5.41) is 0. The molecule has 532 valence electrons. The zero-order valence-electron chi connectivity index (χ0n) is 54.5. The molecule has 6 aromatic heterocycles. The number of carbonyl (C=O) groups excluding carboxylic acids is 4. The standard InChI is InChI=1S/C32H16F4N4S.C20H10F2O4S.C20H10F2S.C8H5F.C4H2Br2S.CH4/c33-19-5-1-17(2-6-19)29-32(40-26-16-22(36)9-11-23(26)37-29)28-14-13-27(41-28)31-30(18-3-7-20(34)8-4-18)39-25-15-21(35)10-12-24(25)38-31;21-13-5-1-11(2-6-13)17(23)19(25)15-9-10-16(27-15)20(26)18(24)12-3-7-14(22)8-4-12;21-17-7-1-15(2-8-17)5-11-19-13-14-20(23-19)12-6-16-3-9-18(22)10-4-16;1-2-7-3-5-8(9)6-4-7;5-3-1-2-4(6)7-3;/h1-16H;1-10H;1-4,7-10,13-14H;1,3-6H;1-2H;1H4. The average Bonchev–Trinajstić information content (AvgIpc) is 1.37. The molecule has 0 amide bonds. The Labute approximate surface area is 645 Å². The van der Waals surface area contributed by atoms with Crippen molar-refractivity contribution in [2.75, 3.05) is 0 Å². The van der Waals surface area contributed by atoms with Crippen molar-refractivity contribution in [3.8, 4) is 79.7 Å². The molecular weight excluding hydrogens is 1600 g/mol. The van der Waals surface area contributed by atoms with Crippen molar-refractivity contribution in [3.05, 3.63) is 362 Å². The van der Waals surface area contributed by atoms with Gasteiger partial charge in [0.05, 0.1) is 70.3 Å². The van der Waals surface area contributed by atoms with Gasteiger partial charge in [-0.2, -0.15) is 0 Å². The Morgan fingerprint density at radius 2 is 0.611 bits per heavy atom. The van der Waals surface area contributed by atoms with Gasteiger partial charge in [0.1, 0.15) is 63.7 Å². The van der Waals surface area contributed by atoms with E-state index in [2.05, 4.69) is 61.5 Å². The summed E-state index contributed by atoms with van der Waals surface area (Å²) in [6.07, 6.45) is 5.03. The first-order chi connectivity index (χ1) is 51.6. The fraction of sp³-hybridized carbons (Fsp3) is 0.0118. The maximum atomic E-state index is 14.1. The highest BCUT2D eigenvalue weighted by molar-refractivity contribution is 9.12. The van der Waals surface area contributed by atoms with Crippen LogP contribution in [0.4, 0.5) is 39.5 Å². The van der Waals surface area contributed by atoms with E-state index in [1.165, 1.54) is 152 Å². The molecule has 0 aliphatic heterocycles. The van der Waals surface area contributed by atoms with Gasteiger partial charge in [0.2, 0.25) is 23.1 Å². The summed E-state index contributed by atoms with van der Waals surface area (Å²) in [4.78, 5) is 71.1. The number of hydrogen-bond acceptors (Lipinski definition) is 12. The van der Waals surface area contributed by atoms with Gasteiger partial charge in [0.25, 0.3) is 0 Å². The minimum atomic E-state index is -0.861. The summed E-state index contributed by atoms with van der Waals surface area (Å²) < 4.78 is 121. The van der Waals surface area contributed by atoms with Gasteiger partial charge in [0.15, 0.2) is 0 Å². The van der Waals surface area contributed by atoms with Crippen molar-refractivity contribution < 1.29 is 58.7 Å². The number of terminal acetylenes is 1. The maximum absolute atomic E-state index is 14.1. The molecule has 6 heterocycles. The molecule has 0 aliphatic rings. The van der Waals surface area contributed by atoms with Crippen molar-refractivity contribution >= 4 is 122 Å². The lowest BCUT2D eigenvalue weighted by Crippen LogP contribution is -2.14. The largest absolute Gasteiger partial charge is 0.285 e. The fourth-order valence-corrected chi connectivity index (χ4v) is 14.5. The van der Waals surface area contributed by atoms with E-state index in [9.17, 15) is 58.7 Å². The van der Waals surface area contributed by atoms with E-state index in [1.807, 2.05) is 36.4 Å². The molecule has 15 rings (SSSR count). The van der Waals surface area contributed by atoms with E-state index < -0.39 is 52.2 Å². The number of ketones is 4. The highest BCUT2D eigenvalue weighted by atomic mass is 79.9. The second-order valence-electron chi connectivity index (χ2n) is 22.2. The molecule has 0 saturated heterocycles. The van der Waals surface area contributed by atoms with Crippen molar-refractivity contribution in [3.63, 3.8) is 0 Å². The molecule has 0 bridgehead atoms. The lowest BCUT2D eigenvalue weighted by molar-refractivity contribution is 0.0818. The maximum Gasteiger partial charge on any atom is 0.243 e. The molecule has 0 saturated carbocycles. The number of carbonyl (C=O) groups is 4. The van der Waals surface area contributed by atoms with Crippen molar-refractivity contribution in [1.82, 2.24) is 19.9 Å². The molecule has 15 aromatic rings. The zero-order chi connectivity index (χ0) is 75.7. The highest BCUT2D eigenvalue weighted by Gasteiger charge is 2.26. The fourth-order valence-electron chi connectivity index (χ4n) is 9.52. The first-order valence-corrected chi connectivity index (χ1v) is 36.1. The Morgan fingerprint density at radius 3 is 0.963 bits per heavy atom. The molecular formula is C85H47Br2F9N4O4S4. The van der Waals surface area contributed by atoms with Gasteiger partial charge in [-0.25, -0.2) is 59.4 Å². The predicted molar refractivity (Wildman–Crippen MR) is 416 cm³/mol. The van der Waals surface area contributed by atoms with Gasteiger partial charge in [0, 0.05) is 51.1 Å². The smallest absolute Gasteiger partial charge is 0.243 e. The first kappa shape index (κ1) is 78.7. The van der Waals surface area contributed by atoms with Crippen LogP contribution >= 0.6 is 77.2 Å². The Balaban J connectivity index is 0.000000161. The second-order valence-corrected chi connectivity index (χ2v) is 29.2. The number of aromatic nitrogens is 4. The number of Topliss-reactive ketones (excluding diaryl/α,β-unsaturated/α-hetero) is 4. The molecule has 8 nitrogen and oxygen atoms in total. The summed E-state index contributed by atoms with van der Waals surface area (Å²) in [7, 11) is 0. The lowest BCUT2D eigenvalue weighted by atomic mass is 10.1.